The summed E-state index contributed by atoms with van der Waals surface area (Å²) in [6.45, 7) is 2.79. The van der Waals surface area contributed by atoms with Gasteiger partial charge in [0.25, 0.3) is 5.91 Å². The molecule has 0 aliphatic carbocycles. The maximum atomic E-state index is 12.6. The number of hydrogen-bond acceptors (Lipinski definition) is 7. The molecule has 2 N–H and O–H groups in total. The van der Waals surface area contributed by atoms with Crippen LogP contribution in [-0.4, -0.2) is 33.7 Å². The Balaban J connectivity index is 1.43. The number of benzene rings is 1. The molecule has 1 aromatic carbocycles. The molecule has 0 saturated carbocycles. The summed E-state index contributed by atoms with van der Waals surface area (Å²) < 4.78 is 16.3. The number of carbonyl (C=O) groups is 1. The number of rotatable bonds is 3. The zero-order valence-corrected chi connectivity index (χ0v) is 13.1. The molecule has 1 unspecified atom stereocenters. The van der Waals surface area contributed by atoms with E-state index in [2.05, 4.69) is 9.97 Å². The maximum Gasteiger partial charge on any atom is 0.264 e. The molecule has 124 valence electrons. The Hall–Kier alpha value is -3.03. The number of amides is 1. The number of nitrogens with two attached hydrogens (primary N) is 1. The SMILES string of the molecule is CC(Oc1ccc2c(c1)OCO2)C(=O)N1Cc2cnc(N)nc2C1. The van der Waals surface area contributed by atoms with Gasteiger partial charge in [0.15, 0.2) is 17.6 Å². The highest BCUT2D eigenvalue weighted by atomic mass is 16.7. The summed E-state index contributed by atoms with van der Waals surface area (Å²) in [5.74, 6) is 1.94. The van der Waals surface area contributed by atoms with Gasteiger partial charge in [-0.25, -0.2) is 9.97 Å². The molecule has 24 heavy (non-hydrogen) atoms. The van der Waals surface area contributed by atoms with Gasteiger partial charge in [-0.15, -0.1) is 0 Å². The molecule has 2 aliphatic heterocycles. The Bertz CT molecular complexity index is 811. The second-order valence-corrected chi connectivity index (χ2v) is 5.67. The minimum Gasteiger partial charge on any atom is -0.481 e. The average Bonchev–Trinajstić information content (AvgIpc) is 3.19. The number of nitrogens with zero attached hydrogens (tertiary/aromatic N) is 3. The minimum absolute atomic E-state index is 0.121. The summed E-state index contributed by atoms with van der Waals surface area (Å²) in [6, 6.07) is 5.23. The van der Waals surface area contributed by atoms with E-state index in [0.717, 1.165) is 11.3 Å². The number of ether oxygens (including phenoxy) is 3. The van der Waals surface area contributed by atoms with E-state index in [1.807, 2.05) is 0 Å². The van der Waals surface area contributed by atoms with Crippen molar-refractivity contribution in [1.82, 2.24) is 14.9 Å². The normalized spacial score (nSPS) is 16.0. The van der Waals surface area contributed by atoms with E-state index in [9.17, 15) is 4.79 Å². The molecule has 0 radical (unpaired) electrons. The van der Waals surface area contributed by atoms with Crippen LogP contribution in [0.3, 0.4) is 0 Å². The van der Waals surface area contributed by atoms with Crippen LogP contribution in [0.25, 0.3) is 0 Å². The summed E-state index contributed by atoms with van der Waals surface area (Å²) in [4.78, 5) is 22.4. The molecule has 0 fully saturated rings. The molecule has 8 heteroatoms. The molecule has 1 atom stereocenters. The number of aromatic nitrogens is 2. The van der Waals surface area contributed by atoms with E-state index in [4.69, 9.17) is 19.9 Å². The monoisotopic (exact) mass is 328 g/mol. The fraction of sp³-hybridized carbons (Fsp3) is 0.312. The van der Waals surface area contributed by atoms with E-state index < -0.39 is 6.10 Å². The standard InChI is InChI=1S/C16H16N4O4/c1-9(24-11-2-3-13-14(4-11)23-8-22-13)15(21)20-6-10-5-18-16(17)19-12(10)7-20/h2-5,9H,6-8H2,1H3,(H2,17,18,19). The fourth-order valence-electron chi connectivity index (χ4n) is 2.79. The van der Waals surface area contributed by atoms with Gasteiger partial charge in [0, 0.05) is 24.4 Å². The van der Waals surface area contributed by atoms with Gasteiger partial charge in [-0.05, 0) is 19.1 Å². The predicted molar refractivity (Wildman–Crippen MR) is 83.4 cm³/mol. The number of fused-ring (bicyclic) bond motifs is 2. The second kappa shape index (κ2) is 5.55. The number of hydrogen-bond donors (Lipinski definition) is 1. The first-order chi connectivity index (χ1) is 11.6. The lowest BCUT2D eigenvalue weighted by Crippen LogP contribution is -2.37. The smallest absolute Gasteiger partial charge is 0.264 e. The molecule has 2 aromatic rings. The summed E-state index contributed by atoms with van der Waals surface area (Å²) in [5.41, 5.74) is 7.28. The molecule has 1 aromatic heterocycles. The van der Waals surface area contributed by atoms with Crippen molar-refractivity contribution < 1.29 is 19.0 Å². The molecule has 2 aliphatic rings. The van der Waals surface area contributed by atoms with Crippen LogP contribution in [0.2, 0.25) is 0 Å². The van der Waals surface area contributed by atoms with Gasteiger partial charge in [-0.1, -0.05) is 0 Å². The minimum atomic E-state index is -0.634. The molecule has 0 spiro atoms. The van der Waals surface area contributed by atoms with Gasteiger partial charge >= 0.3 is 0 Å². The van der Waals surface area contributed by atoms with Gasteiger partial charge < -0.3 is 24.8 Å². The van der Waals surface area contributed by atoms with Crippen LogP contribution in [0, 0.1) is 0 Å². The van der Waals surface area contributed by atoms with Crippen LogP contribution in [-0.2, 0) is 17.9 Å². The van der Waals surface area contributed by atoms with E-state index in [-0.39, 0.29) is 18.6 Å². The van der Waals surface area contributed by atoms with Gasteiger partial charge in [-0.2, -0.15) is 0 Å². The lowest BCUT2D eigenvalue weighted by atomic mass is 10.3. The summed E-state index contributed by atoms with van der Waals surface area (Å²) in [5, 5.41) is 0. The largest absolute Gasteiger partial charge is 0.481 e. The van der Waals surface area contributed by atoms with Crippen molar-refractivity contribution in [2.24, 2.45) is 0 Å². The van der Waals surface area contributed by atoms with Gasteiger partial charge in [0.1, 0.15) is 5.75 Å². The lowest BCUT2D eigenvalue weighted by molar-refractivity contribution is -0.138. The van der Waals surface area contributed by atoms with Crippen molar-refractivity contribution >= 4 is 11.9 Å². The Labute approximate surface area is 138 Å². The molecule has 0 saturated heterocycles. The third-order valence-corrected chi connectivity index (χ3v) is 3.99. The molecule has 1 amide bonds. The number of anilines is 1. The maximum absolute atomic E-state index is 12.6. The van der Waals surface area contributed by atoms with Crippen molar-refractivity contribution in [3.05, 3.63) is 35.7 Å². The van der Waals surface area contributed by atoms with Crippen LogP contribution >= 0.6 is 0 Å². The van der Waals surface area contributed by atoms with E-state index in [0.29, 0.717) is 30.3 Å². The Morgan fingerprint density at radius 3 is 3.04 bits per heavy atom. The second-order valence-electron chi connectivity index (χ2n) is 5.67. The number of carbonyl (C=O) groups excluding carboxylic acids is 1. The summed E-state index contributed by atoms with van der Waals surface area (Å²) >= 11 is 0. The first-order valence-electron chi connectivity index (χ1n) is 7.55. The Morgan fingerprint density at radius 1 is 1.33 bits per heavy atom. The van der Waals surface area contributed by atoms with Crippen LogP contribution in [0.1, 0.15) is 18.2 Å². The summed E-state index contributed by atoms with van der Waals surface area (Å²) in [7, 11) is 0. The van der Waals surface area contributed by atoms with Crippen LogP contribution in [0.5, 0.6) is 17.2 Å². The Kier molecular flexibility index (Phi) is 3.37. The van der Waals surface area contributed by atoms with Gasteiger partial charge in [-0.3, -0.25) is 4.79 Å². The first kappa shape index (κ1) is 14.6. The quantitative estimate of drug-likeness (QED) is 0.900. The van der Waals surface area contributed by atoms with Crippen molar-refractivity contribution in [1.29, 1.82) is 0 Å². The first-order valence-corrected chi connectivity index (χ1v) is 7.55. The van der Waals surface area contributed by atoms with Gasteiger partial charge in [0.05, 0.1) is 12.2 Å². The molecule has 0 bridgehead atoms. The van der Waals surface area contributed by atoms with E-state index in [1.165, 1.54) is 0 Å². The van der Waals surface area contributed by atoms with Crippen molar-refractivity contribution in [2.75, 3.05) is 12.5 Å². The van der Waals surface area contributed by atoms with Crippen LogP contribution in [0.4, 0.5) is 5.95 Å². The number of nitrogen functional groups attached to an aromatic ring is 1. The van der Waals surface area contributed by atoms with E-state index in [1.54, 1.807) is 36.2 Å². The highest BCUT2D eigenvalue weighted by molar-refractivity contribution is 5.81. The third-order valence-electron chi connectivity index (χ3n) is 3.99. The summed E-state index contributed by atoms with van der Waals surface area (Å²) in [6.07, 6.45) is 1.03. The van der Waals surface area contributed by atoms with Crippen LogP contribution < -0.4 is 19.9 Å². The highest BCUT2D eigenvalue weighted by Gasteiger charge is 2.29. The highest BCUT2D eigenvalue weighted by Crippen LogP contribution is 2.35. The molecule has 8 nitrogen and oxygen atoms in total. The van der Waals surface area contributed by atoms with Crippen molar-refractivity contribution in [2.45, 2.75) is 26.1 Å². The molecule has 3 heterocycles. The topological polar surface area (TPSA) is 99.8 Å². The molecule has 4 rings (SSSR count). The van der Waals surface area contributed by atoms with E-state index >= 15 is 0 Å². The van der Waals surface area contributed by atoms with Gasteiger partial charge in [0.2, 0.25) is 12.7 Å². The van der Waals surface area contributed by atoms with Crippen molar-refractivity contribution in [3.63, 3.8) is 0 Å². The zero-order chi connectivity index (χ0) is 16.7. The fourth-order valence-corrected chi connectivity index (χ4v) is 2.79. The van der Waals surface area contributed by atoms with Crippen LogP contribution in [0.15, 0.2) is 24.4 Å². The predicted octanol–water partition coefficient (Wildman–Crippen LogP) is 1.10. The third kappa shape index (κ3) is 2.55. The molecular formula is C16H16N4O4. The van der Waals surface area contributed by atoms with Crippen molar-refractivity contribution in [3.8, 4) is 17.2 Å². The average molecular weight is 328 g/mol. The molecular weight excluding hydrogens is 312 g/mol. The zero-order valence-electron chi connectivity index (χ0n) is 13.1. The lowest BCUT2D eigenvalue weighted by Gasteiger charge is -2.21. The Morgan fingerprint density at radius 2 is 2.17 bits per heavy atom.